The van der Waals surface area contributed by atoms with Crippen LogP contribution in [0.15, 0.2) is 53.7 Å². The third-order valence-electron chi connectivity index (χ3n) is 3.17. The molecule has 0 aliphatic heterocycles. The molecule has 0 unspecified atom stereocenters. The maximum Gasteiger partial charge on any atom is 0.416 e. The number of nitrogens with one attached hydrogen (secondary N) is 1. The van der Waals surface area contributed by atoms with Gasteiger partial charge in [-0.25, -0.2) is 0 Å². The molecule has 0 spiro atoms. The smallest absolute Gasteiger partial charge is 0.391 e. The number of alkyl halides is 3. The number of oxime groups is 1. The minimum Gasteiger partial charge on any atom is -0.391 e. The van der Waals surface area contributed by atoms with Crippen LogP contribution in [0.2, 0.25) is 0 Å². The molecular formula is C17H14F3N3O3. The zero-order valence-electron chi connectivity index (χ0n) is 13.3. The molecule has 0 saturated carbocycles. The molecule has 9 heteroatoms. The van der Waals surface area contributed by atoms with Crippen molar-refractivity contribution in [2.45, 2.75) is 12.8 Å². The van der Waals surface area contributed by atoms with Crippen LogP contribution in [-0.4, -0.2) is 18.0 Å². The van der Waals surface area contributed by atoms with Crippen molar-refractivity contribution < 1.29 is 27.6 Å². The van der Waals surface area contributed by atoms with Gasteiger partial charge >= 0.3 is 6.18 Å². The van der Waals surface area contributed by atoms with Crippen molar-refractivity contribution in [3.05, 3.63) is 65.2 Å². The summed E-state index contributed by atoms with van der Waals surface area (Å²) in [6.45, 7) is 0.0341. The lowest BCUT2D eigenvalue weighted by Crippen LogP contribution is -2.14. The van der Waals surface area contributed by atoms with Gasteiger partial charge in [0.15, 0.2) is 0 Å². The molecule has 2 aromatic rings. The van der Waals surface area contributed by atoms with Gasteiger partial charge in [0.05, 0.1) is 5.56 Å². The fraction of sp³-hybridized carbons (Fsp3) is 0.118. The number of halogens is 3. The van der Waals surface area contributed by atoms with Crippen LogP contribution in [0.4, 0.5) is 18.9 Å². The van der Waals surface area contributed by atoms with Gasteiger partial charge in [-0.15, -0.1) is 0 Å². The fourth-order valence-electron chi connectivity index (χ4n) is 1.91. The number of hydrogen-bond donors (Lipinski definition) is 2. The minimum atomic E-state index is -4.50. The number of nitrogens with two attached hydrogens (primary N) is 1. The van der Waals surface area contributed by atoms with E-state index < -0.39 is 23.6 Å². The van der Waals surface area contributed by atoms with Crippen molar-refractivity contribution in [3.63, 3.8) is 0 Å². The maximum atomic E-state index is 12.6. The zero-order chi connectivity index (χ0) is 19.2. The van der Waals surface area contributed by atoms with Crippen LogP contribution in [0.1, 0.15) is 21.5 Å². The summed E-state index contributed by atoms with van der Waals surface area (Å²) in [5, 5.41) is 5.69. The maximum absolute atomic E-state index is 12.6. The molecule has 2 aromatic carbocycles. The zero-order valence-corrected chi connectivity index (χ0v) is 13.3. The first-order valence-corrected chi connectivity index (χ1v) is 7.28. The quantitative estimate of drug-likeness (QED) is 0.609. The SMILES string of the molecule is NC(=O)c1ccc(CO/N=C/C(=O)Nc2cccc(C(F)(F)F)c2)cc1. The molecule has 0 aromatic heterocycles. The van der Waals surface area contributed by atoms with E-state index in [0.717, 1.165) is 18.3 Å². The standard InChI is InChI=1S/C17H14F3N3O3/c18-17(19,20)13-2-1-3-14(8-13)23-15(24)9-22-26-10-11-4-6-12(7-5-11)16(21)25/h1-9H,10H2,(H2,21,25)(H,23,24)/b22-9+. The average Bonchev–Trinajstić information content (AvgIpc) is 2.58. The van der Waals surface area contributed by atoms with Gasteiger partial charge in [0.25, 0.3) is 5.91 Å². The number of amides is 2. The largest absolute Gasteiger partial charge is 0.416 e. The van der Waals surface area contributed by atoms with Gasteiger partial charge in [-0.3, -0.25) is 9.59 Å². The van der Waals surface area contributed by atoms with Crippen molar-refractivity contribution >= 4 is 23.7 Å². The van der Waals surface area contributed by atoms with E-state index in [1.165, 1.54) is 24.3 Å². The Morgan fingerprint density at radius 3 is 2.46 bits per heavy atom. The molecule has 0 radical (unpaired) electrons. The van der Waals surface area contributed by atoms with Gasteiger partial charge in [-0.2, -0.15) is 13.2 Å². The van der Waals surface area contributed by atoms with Crippen molar-refractivity contribution in [3.8, 4) is 0 Å². The summed E-state index contributed by atoms with van der Waals surface area (Å²) in [5.41, 5.74) is 5.26. The Hall–Kier alpha value is -3.36. The molecule has 136 valence electrons. The highest BCUT2D eigenvalue weighted by atomic mass is 19.4. The van der Waals surface area contributed by atoms with Crippen LogP contribution < -0.4 is 11.1 Å². The molecule has 2 rings (SSSR count). The topological polar surface area (TPSA) is 93.8 Å². The molecule has 0 aliphatic carbocycles. The van der Waals surface area contributed by atoms with Crippen LogP contribution in [0.5, 0.6) is 0 Å². The van der Waals surface area contributed by atoms with E-state index in [1.54, 1.807) is 12.1 Å². The van der Waals surface area contributed by atoms with Crippen molar-refractivity contribution in [2.24, 2.45) is 10.9 Å². The Morgan fingerprint density at radius 2 is 1.85 bits per heavy atom. The van der Waals surface area contributed by atoms with Gasteiger partial charge in [-0.1, -0.05) is 23.4 Å². The Balaban J connectivity index is 1.85. The van der Waals surface area contributed by atoms with Gasteiger partial charge in [0.1, 0.15) is 12.8 Å². The van der Waals surface area contributed by atoms with Gasteiger partial charge < -0.3 is 15.9 Å². The van der Waals surface area contributed by atoms with E-state index in [1.807, 2.05) is 0 Å². The van der Waals surface area contributed by atoms with Crippen LogP contribution >= 0.6 is 0 Å². The highest BCUT2D eigenvalue weighted by Crippen LogP contribution is 2.30. The molecule has 6 nitrogen and oxygen atoms in total. The highest BCUT2D eigenvalue weighted by Gasteiger charge is 2.30. The summed E-state index contributed by atoms with van der Waals surface area (Å²) in [5.74, 6) is -1.30. The number of anilines is 1. The molecule has 0 heterocycles. The number of nitrogens with zero attached hydrogens (tertiary/aromatic N) is 1. The fourth-order valence-corrected chi connectivity index (χ4v) is 1.91. The van der Waals surface area contributed by atoms with Crippen molar-refractivity contribution in [1.82, 2.24) is 0 Å². The van der Waals surface area contributed by atoms with E-state index in [-0.39, 0.29) is 12.3 Å². The van der Waals surface area contributed by atoms with E-state index in [0.29, 0.717) is 11.1 Å². The predicted molar refractivity (Wildman–Crippen MR) is 88.3 cm³/mol. The molecular weight excluding hydrogens is 351 g/mol. The van der Waals surface area contributed by atoms with E-state index >= 15 is 0 Å². The Bertz CT molecular complexity index is 818. The lowest BCUT2D eigenvalue weighted by molar-refractivity contribution is -0.137. The van der Waals surface area contributed by atoms with E-state index in [2.05, 4.69) is 10.5 Å². The number of rotatable bonds is 6. The third-order valence-corrected chi connectivity index (χ3v) is 3.17. The van der Waals surface area contributed by atoms with Gasteiger partial charge in [0.2, 0.25) is 5.91 Å². The van der Waals surface area contributed by atoms with Gasteiger partial charge in [0, 0.05) is 11.3 Å². The van der Waals surface area contributed by atoms with Crippen LogP contribution in [0.25, 0.3) is 0 Å². The molecule has 3 N–H and O–H groups in total. The van der Waals surface area contributed by atoms with Crippen LogP contribution in [-0.2, 0) is 22.4 Å². The molecule has 2 amide bonds. The number of carbonyl (C=O) groups is 2. The summed E-state index contributed by atoms with van der Waals surface area (Å²) in [6.07, 6.45) is -3.69. The summed E-state index contributed by atoms with van der Waals surface area (Å²) >= 11 is 0. The summed E-state index contributed by atoms with van der Waals surface area (Å²) in [4.78, 5) is 27.5. The van der Waals surface area contributed by atoms with Gasteiger partial charge in [-0.05, 0) is 35.9 Å². The Morgan fingerprint density at radius 1 is 1.15 bits per heavy atom. The highest BCUT2D eigenvalue weighted by molar-refractivity contribution is 6.31. The number of hydrogen-bond acceptors (Lipinski definition) is 4. The van der Waals surface area contributed by atoms with Crippen molar-refractivity contribution in [2.75, 3.05) is 5.32 Å². The summed E-state index contributed by atoms with van der Waals surface area (Å²) < 4.78 is 37.8. The molecule has 0 saturated heterocycles. The molecule has 0 atom stereocenters. The first-order chi connectivity index (χ1) is 12.3. The van der Waals surface area contributed by atoms with Crippen LogP contribution in [0.3, 0.4) is 0 Å². The first kappa shape index (κ1) is 19.0. The number of primary amides is 1. The summed E-state index contributed by atoms with van der Waals surface area (Å²) in [6, 6.07) is 10.5. The minimum absolute atomic E-state index is 0.0154. The van der Waals surface area contributed by atoms with Crippen LogP contribution in [0, 0.1) is 0 Å². The second-order valence-corrected chi connectivity index (χ2v) is 5.14. The van der Waals surface area contributed by atoms with E-state index in [9.17, 15) is 22.8 Å². The second kappa shape index (κ2) is 8.15. The molecule has 26 heavy (non-hydrogen) atoms. The monoisotopic (exact) mass is 365 g/mol. The van der Waals surface area contributed by atoms with E-state index in [4.69, 9.17) is 10.6 Å². The lowest BCUT2D eigenvalue weighted by Gasteiger charge is -2.08. The normalized spacial score (nSPS) is 11.3. The Kier molecular flexibility index (Phi) is 5.94. The molecule has 0 aliphatic rings. The average molecular weight is 365 g/mol. The summed E-state index contributed by atoms with van der Waals surface area (Å²) in [7, 11) is 0. The Labute approximate surface area is 146 Å². The van der Waals surface area contributed by atoms with Crippen molar-refractivity contribution in [1.29, 1.82) is 0 Å². The first-order valence-electron chi connectivity index (χ1n) is 7.28. The second-order valence-electron chi connectivity index (χ2n) is 5.14. The molecule has 0 bridgehead atoms. The predicted octanol–water partition coefficient (Wildman–Crippen LogP) is 2.95. The third kappa shape index (κ3) is 5.62. The lowest BCUT2D eigenvalue weighted by atomic mass is 10.1. The number of benzene rings is 2. The number of carbonyl (C=O) groups excluding carboxylic acids is 2. The molecule has 0 fully saturated rings.